The van der Waals surface area contributed by atoms with E-state index in [1.54, 1.807) is 0 Å². The molecule has 14 heavy (non-hydrogen) atoms. The average molecular weight is 198 g/mol. The van der Waals surface area contributed by atoms with Crippen LogP contribution in [0.3, 0.4) is 0 Å². The Kier molecular flexibility index (Phi) is 5.49. The molecule has 0 aromatic heterocycles. The molecule has 1 saturated heterocycles. The second-order valence-corrected chi connectivity index (χ2v) is 5.05. The molecule has 1 N–H and O–H groups in total. The fourth-order valence-electron chi connectivity index (χ4n) is 1.98. The molecule has 1 unspecified atom stereocenters. The second-order valence-electron chi connectivity index (χ2n) is 5.05. The number of rotatable bonds is 5. The average Bonchev–Trinajstić information content (AvgIpc) is 2.16. The second kappa shape index (κ2) is 6.41. The molecule has 0 aromatic rings. The third kappa shape index (κ3) is 4.97. The van der Waals surface area contributed by atoms with Crippen molar-refractivity contribution >= 4 is 0 Å². The van der Waals surface area contributed by atoms with Gasteiger partial charge in [0.05, 0.1) is 0 Å². The lowest BCUT2D eigenvalue weighted by Crippen LogP contribution is -2.46. The SMILES string of the molecule is CC(C)CCC(C)NN1CCCCC1. The van der Waals surface area contributed by atoms with Crippen LogP contribution < -0.4 is 5.43 Å². The van der Waals surface area contributed by atoms with Crippen molar-refractivity contribution in [3.05, 3.63) is 0 Å². The van der Waals surface area contributed by atoms with Crippen molar-refractivity contribution in [2.75, 3.05) is 13.1 Å². The molecule has 84 valence electrons. The summed E-state index contributed by atoms with van der Waals surface area (Å²) in [7, 11) is 0. The molecule has 2 heteroatoms. The summed E-state index contributed by atoms with van der Waals surface area (Å²) in [5, 5.41) is 2.41. The van der Waals surface area contributed by atoms with Gasteiger partial charge in [-0.1, -0.05) is 20.3 Å². The van der Waals surface area contributed by atoms with E-state index in [0.29, 0.717) is 6.04 Å². The van der Waals surface area contributed by atoms with Crippen LogP contribution in [0, 0.1) is 5.92 Å². The summed E-state index contributed by atoms with van der Waals surface area (Å²) in [6, 6.07) is 0.649. The summed E-state index contributed by atoms with van der Waals surface area (Å²) in [6.45, 7) is 9.39. The van der Waals surface area contributed by atoms with Gasteiger partial charge in [-0.15, -0.1) is 0 Å². The fraction of sp³-hybridized carbons (Fsp3) is 1.00. The van der Waals surface area contributed by atoms with Crippen molar-refractivity contribution in [1.29, 1.82) is 0 Å². The van der Waals surface area contributed by atoms with Crippen molar-refractivity contribution in [3.8, 4) is 0 Å². The van der Waals surface area contributed by atoms with Gasteiger partial charge in [0.2, 0.25) is 0 Å². The highest BCUT2D eigenvalue weighted by molar-refractivity contribution is 4.65. The lowest BCUT2D eigenvalue weighted by atomic mass is 10.0. The van der Waals surface area contributed by atoms with Crippen molar-refractivity contribution in [1.82, 2.24) is 10.4 Å². The topological polar surface area (TPSA) is 15.3 Å². The standard InChI is InChI=1S/C12H26N2/c1-11(2)7-8-12(3)13-14-9-5-4-6-10-14/h11-13H,4-10H2,1-3H3. The third-order valence-corrected chi connectivity index (χ3v) is 2.94. The quantitative estimate of drug-likeness (QED) is 0.731. The van der Waals surface area contributed by atoms with Crippen molar-refractivity contribution < 1.29 is 0 Å². The van der Waals surface area contributed by atoms with Crippen LogP contribution in [-0.2, 0) is 0 Å². The molecule has 0 aliphatic carbocycles. The fourth-order valence-corrected chi connectivity index (χ4v) is 1.98. The lowest BCUT2D eigenvalue weighted by molar-refractivity contribution is 0.128. The van der Waals surface area contributed by atoms with Crippen LogP contribution in [0.4, 0.5) is 0 Å². The molecule has 1 aliphatic rings. The van der Waals surface area contributed by atoms with Gasteiger partial charge in [-0.2, -0.15) is 0 Å². The highest BCUT2D eigenvalue weighted by Gasteiger charge is 2.12. The van der Waals surface area contributed by atoms with Crippen LogP contribution >= 0.6 is 0 Å². The number of hydrogen-bond acceptors (Lipinski definition) is 2. The maximum atomic E-state index is 3.61. The van der Waals surface area contributed by atoms with Crippen LogP contribution in [0.2, 0.25) is 0 Å². The minimum absolute atomic E-state index is 0.649. The van der Waals surface area contributed by atoms with Gasteiger partial charge < -0.3 is 0 Å². The molecule has 1 fully saturated rings. The molecule has 1 atom stereocenters. The minimum atomic E-state index is 0.649. The number of nitrogens with zero attached hydrogens (tertiary/aromatic N) is 1. The molecule has 0 amide bonds. The van der Waals surface area contributed by atoms with Gasteiger partial charge >= 0.3 is 0 Å². The first-order chi connectivity index (χ1) is 6.68. The number of nitrogens with one attached hydrogen (secondary N) is 1. The van der Waals surface area contributed by atoms with E-state index in [9.17, 15) is 0 Å². The minimum Gasteiger partial charge on any atom is -0.252 e. The van der Waals surface area contributed by atoms with Gasteiger partial charge in [-0.05, 0) is 38.5 Å². The van der Waals surface area contributed by atoms with E-state index >= 15 is 0 Å². The van der Waals surface area contributed by atoms with Crippen LogP contribution in [0.15, 0.2) is 0 Å². The molecule has 1 rings (SSSR count). The van der Waals surface area contributed by atoms with E-state index in [2.05, 4.69) is 31.2 Å². The molecule has 0 bridgehead atoms. The Hall–Kier alpha value is -0.0800. The van der Waals surface area contributed by atoms with E-state index in [1.807, 2.05) is 0 Å². The summed E-state index contributed by atoms with van der Waals surface area (Å²) in [5.41, 5.74) is 3.61. The van der Waals surface area contributed by atoms with Gasteiger partial charge in [-0.25, -0.2) is 5.01 Å². The smallest absolute Gasteiger partial charge is 0.0187 e. The predicted molar refractivity (Wildman–Crippen MR) is 62.1 cm³/mol. The Bertz CT molecular complexity index is 139. The first kappa shape index (κ1) is 12.0. The van der Waals surface area contributed by atoms with E-state index in [-0.39, 0.29) is 0 Å². The van der Waals surface area contributed by atoms with Gasteiger partial charge in [-0.3, -0.25) is 5.43 Å². The Labute approximate surface area is 89.0 Å². The maximum absolute atomic E-state index is 3.61. The summed E-state index contributed by atoms with van der Waals surface area (Å²) in [4.78, 5) is 0. The molecule has 0 saturated carbocycles. The van der Waals surface area contributed by atoms with E-state index in [1.165, 1.54) is 45.2 Å². The molecule has 1 heterocycles. The van der Waals surface area contributed by atoms with E-state index in [4.69, 9.17) is 0 Å². The number of hydrazine groups is 1. The van der Waals surface area contributed by atoms with E-state index in [0.717, 1.165) is 5.92 Å². The molecule has 0 spiro atoms. The Morgan fingerprint density at radius 1 is 1.00 bits per heavy atom. The molecular weight excluding hydrogens is 172 g/mol. The highest BCUT2D eigenvalue weighted by atomic mass is 15.5. The van der Waals surface area contributed by atoms with Crippen LogP contribution in [0.1, 0.15) is 52.9 Å². The third-order valence-electron chi connectivity index (χ3n) is 2.94. The Balaban J connectivity index is 2.09. The molecule has 0 radical (unpaired) electrons. The maximum Gasteiger partial charge on any atom is 0.0187 e. The number of hydrogen-bond donors (Lipinski definition) is 1. The first-order valence-corrected chi connectivity index (χ1v) is 6.19. The zero-order valence-corrected chi connectivity index (χ0v) is 10.1. The Morgan fingerprint density at radius 3 is 2.21 bits per heavy atom. The van der Waals surface area contributed by atoms with Gasteiger partial charge in [0, 0.05) is 19.1 Å². The molecule has 2 nitrogen and oxygen atoms in total. The summed E-state index contributed by atoms with van der Waals surface area (Å²) in [6.07, 6.45) is 6.78. The van der Waals surface area contributed by atoms with Gasteiger partial charge in [0.15, 0.2) is 0 Å². The zero-order valence-electron chi connectivity index (χ0n) is 10.1. The van der Waals surface area contributed by atoms with Crippen molar-refractivity contribution in [2.24, 2.45) is 5.92 Å². The predicted octanol–water partition coefficient (Wildman–Crippen LogP) is 2.80. The van der Waals surface area contributed by atoms with Crippen LogP contribution in [0.25, 0.3) is 0 Å². The van der Waals surface area contributed by atoms with Gasteiger partial charge in [0.1, 0.15) is 0 Å². The molecule has 0 aromatic carbocycles. The molecular formula is C12H26N2. The van der Waals surface area contributed by atoms with Crippen LogP contribution in [-0.4, -0.2) is 24.1 Å². The van der Waals surface area contributed by atoms with Crippen molar-refractivity contribution in [3.63, 3.8) is 0 Å². The molecule has 1 aliphatic heterocycles. The normalized spacial score (nSPS) is 21.4. The lowest BCUT2D eigenvalue weighted by Gasteiger charge is -2.30. The van der Waals surface area contributed by atoms with Crippen LogP contribution in [0.5, 0.6) is 0 Å². The highest BCUT2D eigenvalue weighted by Crippen LogP contribution is 2.10. The summed E-state index contributed by atoms with van der Waals surface area (Å²) in [5.74, 6) is 0.834. The first-order valence-electron chi connectivity index (χ1n) is 6.19. The zero-order chi connectivity index (χ0) is 10.4. The van der Waals surface area contributed by atoms with Crippen molar-refractivity contribution in [2.45, 2.75) is 58.9 Å². The van der Waals surface area contributed by atoms with E-state index < -0.39 is 0 Å². The largest absolute Gasteiger partial charge is 0.252 e. The monoisotopic (exact) mass is 198 g/mol. The van der Waals surface area contributed by atoms with Gasteiger partial charge in [0.25, 0.3) is 0 Å². The Morgan fingerprint density at radius 2 is 1.64 bits per heavy atom. The summed E-state index contributed by atoms with van der Waals surface area (Å²) < 4.78 is 0. The summed E-state index contributed by atoms with van der Waals surface area (Å²) >= 11 is 0. The number of piperidine rings is 1.